The van der Waals surface area contributed by atoms with Crippen LogP contribution in [0.25, 0.3) is 0 Å². The van der Waals surface area contributed by atoms with E-state index in [2.05, 4.69) is 40.8 Å². The van der Waals surface area contributed by atoms with Crippen LogP contribution in [0, 0.1) is 5.41 Å². The molecule has 1 aromatic heterocycles. The molecule has 114 valence electrons. The minimum Gasteiger partial charge on any atom is -0.371 e. The van der Waals surface area contributed by atoms with Gasteiger partial charge in [-0.15, -0.1) is 0 Å². The van der Waals surface area contributed by atoms with Gasteiger partial charge >= 0.3 is 0 Å². The van der Waals surface area contributed by atoms with Crippen molar-refractivity contribution in [3.8, 4) is 0 Å². The SMILES string of the molecule is CC(C)N1CC2(CCC1=O)CCN(c1ccncc1)CC2. The van der Waals surface area contributed by atoms with Crippen molar-refractivity contribution in [3.05, 3.63) is 24.5 Å². The van der Waals surface area contributed by atoms with Crippen molar-refractivity contribution in [3.63, 3.8) is 0 Å². The monoisotopic (exact) mass is 287 g/mol. The average Bonchev–Trinajstić information content (AvgIpc) is 2.51. The van der Waals surface area contributed by atoms with Crippen molar-refractivity contribution < 1.29 is 4.79 Å². The Kier molecular flexibility index (Phi) is 3.87. The fourth-order valence-corrected chi connectivity index (χ4v) is 3.72. The molecule has 2 aliphatic heterocycles. The minimum atomic E-state index is 0.327. The summed E-state index contributed by atoms with van der Waals surface area (Å²) in [6, 6.07) is 4.50. The van der Waals surface area contributed by atoms with Gasteiger partial charge in [-0.3, -0.25) is 9.78 Å². The number of rotatable bonds is 2. The van der Waals surface area contributed by atoms with Gasteiger partial charge in [0.25, 0.3) is 0 Å². The van der Waals surface area contributed by atoms with Gasteiger partial charge < -0.3 is 9.80 Å². The Balaban J connectivity index is 1.66. The van der Waals surface area contributed by atoms with E-state index in [0.29, 0.717) is 17.4 Å². The van der Waals surface area contributed by atoms with Gasteiger partial charge in [0, 0.05) is 50.2 Å². The molecule has 2 fully saturated rings. The zero-order valence-electron chi connectivity index (χ0n) is 13.1. The zero-order valence-corrected chi connectivity index (χ0v) is 13.1. The summed E-state index contributed by atoms with van der Waals surface area (Å²) in [7, 11) is 0. The number of piperidine rings is 2. The Morgan fingerprint density at radius 3 is 2.43 bits per heavy atom. The summed E-state index contributed by atoms with van der Waals surface area (Å²) >= 11 is 0. The van der Waals surface area contributed by atoms with Crippen molar-refractivity contribution in [2.24, 2.45) is 5.41 Å². The summed E-state index contributed by atoms with van der Waals surface area (Å²) in [4.78, 5) is 20.7. The largest absolute Gasteiger partial charge is 0.371 e. The summed E-state index contributed by atoms with van der Waals surface area (Å²) < 4.78 is 0. The van der Waals surface area contributed by atoms with Gasteiger partial charge in [-0.2, -0.15) is 0 Å². The second-order valence-electron chi connectivity index (χ2n) is 6.81. The van der Waals surface area contributed by atoms with Crippen molar-refractivity contribution >= 4 is 11.6 Å². The normalized spacial score (nSPS) is 22.1. The highest BCUT2D eigenvalue weighted by atomic mass is 16.2. The van der Waals surface area contributed by atoms with E-state index in [4.69, 9.17) is 0 Å². The van der Waals surface area contributed by atoms with Crippen LogP contribution in [0.1, 0.15) is 39.5 Å². The molecule has 21 heavy (non-hydrogen) atoms. The Morgan fingerprint density at radius 2 is 1.81 bits per heavy atom. The van der Waals surface area contributed by atoms with E-state index in [1.54, 1.807) is 0 Å². The number of aromatic nitrogens is 1. The highest BCUT2D eigenvalue weighted by Gasteiger charge is 2.41. The molecule has 2 saturated heterocycles. The third kappa shape index (κ3) is 2.89. The Bertz CT molecular complexity index is 492. The average molecular weight is 287 g/mol. The quantitative estimate of drug-likeness (QED) is 0.839. The maximum absolute atomic E-state index is 12.1. The van der Waals surface area contributed by atoms with E-state index < -0.39 is 0 Å². The van der Waals surface area contributed by atoms with Gasteiger partial charge in [0.05, 0.1) is 0 Å². The topological polar surface area (TPSA) is 36.4 Å². The fraction of sp³-hybridized carbons (Fsp3) is 0.647. The van der Waals surface area contributed by atoms with Crippen LogP contribution in [0.3, 0.4) is 0 Å². The lowest BCUT2D eigenvalue weighted by molar-refractivity contribution is -0.140. The number of hydrogen-bond acceptors (Lipinski definition) is 3. The lowest BCUT2D eigenvalue weighted by atomic mass is 9.72. The molecule has 0 N–H and O–H groups in total. The van der Waals surface area contributed by atoms with Crippen LogP contribution in [0.15, 0.2) is 24.5 Å². The Hall–Kier alpha value is -1.58. The van der Waals surface area contributed by atoms with E-state index in [1.165, 1.54) is 18.5 Å². The standard InChI is InChI=1S/C17H25N3O/c1-14(2)20-13-17(6-3-16(20)21)7-11-19(12-8-17)15-4-9-18-10-5-15/h4-5,9-10,14H,3,6-8,11-13H2,1-2H3. The number of nitrogens with zero attached hydrogens (tertiary/aromatic N) is 3. The molecule has 0 saturated carbocycles. The highest BCUT2D eigenvalue weighted by molar-refractivity contribution is 5.77. The first-order valence-electron chi connectivity index (χ1n) is 8.04. The summed E-state index contributed by atoms with van der Waals surface area (Å²) in [5.74, 6) is 0.340. The van der Waals surface area contributed by atoms with Crippen LogP contribution >= 0.6 is 0 Å². The van der Waals surface area contributed by atoms with Crippen molar-refractivity contribution in [2.45, 2.75) is 45.6 Å². The molecule has 4 nitrogen and oxygen atoms in total. The van der Waals surface area contributed by atoms with Gasteiger partial charge in [-0.1, -0.05) is 0 Å². The molecule has 0 aliphatic carbocycles. The molecule has 0 bridgehead atoms. The smallest absolute Gasteiger partial charge is 0.222 e. The summed E-state index contributed by atoms with van der Waals surface area (Å²) in [6.07, 6.45) is 7.89. The lowest BCUT2D eigenvalue weighted by Crippen LogP contribution is -2.53. The van der Waals surface area contributed by atoms with E-state index in [-0.39, 0.29) is 0 Å². The molecule has 0 aromatic carbocycles. The van der Waals surface area contributed by atoms with Gasteiger partial charge in [0.15, 0.2) is 0 Å². The number of likely N-dealkylation sites (tertiary alicyclic amines) is 1. The Morgan fingerprint density at radius 1 is 1.14 bits per heavy atom. The van der Waals surface area contributed by atoms with Gasteiger partial charge in [-0.05, 0) is 50.7 Å². The Labute approximate surface area is 127 Å². The van der Waals surface area contributed by atoms with E-state index in [0.717, 1.165) is 32.5 Å². The molecular weight excluding hydrogens is 262 g/mol. The third-order valence-electron chi connectivity index (χ3n) is 5.17. The lowest BCUT2D eigenvalue weighted by Gasteiger charge is -2.49. The summed E-state index contributed by atoms with van der Waals surface area (Å²) in [6.45, 7) is 7.38. The van der Waals surface area contributed by atoms with Crippen LogP contribution in [-0.2, 0) is 4.79 Å². The van der Waals surface area contributed by atoms with Crippen LogP contribution in [0.2, 0.25) is 0 Å². The molecule has 0 atom stereocenters. The van der Waals surface area contributed by atoms with Gasteiger partial charge in [0.2, 0.25) is 5.91 Å². The van der Waals surface area contributed by atoms with Crippen molar-refractivity contribution in [2.75, 3.05) is 24.5 Å². The van der Waals surface area contributed by atoms with E-state index in [1.807, 2.05) is 12.4 Å². The molecule has 3 heterocycles. The molecule has 1 aromatic rings. The van der Waals surface area contributed by atoms with Crippen LogP contribution in [0.4, 0.5) is 5.69 Å². The first-order chi connectivity index (χ1) is 10.1. The first-order valence-corrected chi connectivity index (χ1v) is 8.04. The van der Waals surface area contributed by atoms with Crippen LogP contribution in [-0.4, -0.2) is 41.5 Å². The van der Waals surface area contributed by atoms with Gasteiger partial charge in [-0.25, -0.2) is 0 Å². The molecular formula is C17H25N3O. The number of anilines is 1. The molecule has 0 radical (unpaired) electrons. The second-order valence-corrected chi connectivity index (χ2v) is 6.81. The third-order valence-corrected chi connectivity index (χ3v) is 5.17. The van der Waals surface area contributed by atoms with Gasteiger partial charge in [0.1, 0.15) is 0 Å². The van der Waals surface area contributed by atoms with Crippen molar-refractivity contribution in [1.29, 1.82) is 0 Å². The minimum absolute atomic E-state index is 0.327. The van der Waals surface area contributed by atoms with Crippen LogP contribution < -0.4 is 4.90 Å². The maximum atomic E-state index is 12.1. The van der Waals surface area contributed by atoms with E-state index in [9.17, 15) is 4.79 Å². The van der Waals surface area contributed by atoms with E-state index >= 15 is 0 Å². The predicted octanol–water partition coefficient (Wildman–Crippen LogP) is 2.70. The number of hydrogen-bond donors (Lipinski definition) is 0. The zero-order chi connectivity index (χ0) is 14.9. The number of carbonyl (C=O) groups excluding carboxylic acids is 1. The molecule has 3 rings (SSSR count). The molecule has 2 aliphatic rings. The summed E-state index contributed by atoms with van der Waals surface area (Å²) in [5.41, 5.74) is 1.62. The second kappa shape index (κ2) is 5.66. The number of amides is 1. The molecule has 4 heteroatoms. The molecule has 1 spiro atoms. The first kappa shape index (κ1) is 14.4. The number of carbonyl (C=O) groups is 1. The molecule has 1 amide bonds. The summed E-state index contributed by atoms with van der Waals surface area (Å²) in [5, 5.41) is 0. The fourth-order valence-electron chi connectivity index (χ4n) is 3.72. The highest BCUT2D eigenvalue weighted by Crippen LogP contribution is 2.41. The molecule has 0 unspecified atom stereocenters. The van der Waals surface area contributed by atoms with Crippen molar-refractivity contribution in [1.82, 2.24) is 9.88 Å². The predicted molar refractivity (Wildman–Crippen MR) is 84.2 cm³/mol. The maximum Gasteiger partial charge on any atom is 0.222 e. The van der Waals surface area contributed by atoms with Crippen LogP contribution in [0.5, 0.6) is 0 Å². The number of pyridine rings is 1.